The van der Waals surface area contributed by atoms with Crippen molar-refractivity contribution in [3.05, 3.63) is 63.7 Å². The monoisotopic (exact) mass is 445 g/mol. The molecule has 10 heteroatoms. The highest BCUT2D eigenvalue weighted by molar-refractivity contribution is 7.89. The van der Waals surface area contributed by atoms with Gasteiger partial charge in [0.15, 0.2) is 5.78 Å². The first kappa shape index (κ1) is 22.6. The Bertz CT molecular complexity index is 1140. The lowest BCUT2D eigenvalue weighted by Crippen LogP contribution is -2.41. The normalized spacial score (nSPS) is 15.4. The SMILES string of the molecule is CC(=O)c1cccc(S(=O)(=O)N2CCC(C(=O)Nc3cc([N+](=O)[O-])ccc3C)CC2)c1. The van der Waals surface area contributed by atoms with Crippen molar-refractivity contribution >= 4 is 33.1 Å². The van der Waals surface area contributed by atoms with E-state index in [1.165, 1.54) is 41.6 Å². The second kappa shape index (κ2) is 8.94. The van der Waals surface area contributed by atoms with Crippen LogP contribution in [0.15, 0.2) is 47.4 Å². The molecule has 1 aliphatic heterocycles. The zero-order chi connectivity index (χ0) is 22.8. The van der Waals surface area contributed by atoms with Gasteiger partial charge >= 0.3 is 0 Å². The number of carbonyl (C=O) groups is 2. The molecule has 1 N–H and O–H groups in total. The molecule has 0 aliphatic carbocycles. The molecular weight excluding hydrogens is 422 g/mol. The minimum Gasteiger partial charge on any atom is -0.325 e. The summed E-state index contributed by atoms with van der Waals surface area (Å²) >= 11 is 0. The van der Waals surface area contributed by atoms with Gasteiger partial charge in [0.25, 0.3) is 5.69 Å². The number of nitro benzene ring substituents is 1. The first-order chi connectivity index (χ1) is 14.6. The number of nitro groups is 1. The van der Waals surface area contributed by atoms with Crippen LogP contribution in [0, 0.1) is 23.0 Å². The zero-order valence-corrected chi connectivity index (χ0v) is 18.0. The largest absolute Gasteiger partial charge is 0.325 e. The van der Waals surface area contributed by atoms with Crippen molar-refractivity contribution in [1.29, 1.82) is 0 Å². The van der Waals surface area contributed by atoms with Gasteiger partial charge in [0.2, 0.25) is 15.9 Å². The van der Waals surface area contributed by atoms with Gasteiger partial charge in [-0.3, -0.25) is 19.7 Å². The summed E-state index contributed by atoms with van der Waals surface area (Å²) in [6, 6.07) is 10.2. The third-order valence-corrected chi connectivity index (χ3v) is 7.29. The Hall–Kier alpha value is -3.11. The average Bonchev–Trinajstić information content (AvgIpc) is 2.75. The molecule has 31 heavy (non-hydrogen) atoms. The van der Waals surface area contributed by atoms with Crippen LogP contribution in [0.4, 0.5) is 11.4 Å². The van der Waals surface area contributed by atoms with Gasteiger partial charge in [0.1, 0.15) is 0 Å². The van der Waals surface area contributed by atoms with Gasteiger partial charge in [-0.1, -0.05) is 18.2 Å². The number of hydrogen-bond donors (Lipinski definition) is 1. The molecule has 2 aromatic carbocycles. The molecule has 0 spiro atoms. The maximum absolute atomic E-state index is 12.9. The van der Waals surface area contributed by atoms with Gasteiger partial charge < -0.3 is 5.32 Å². The average molecular weight is 445 g/mol. The second-order valence-electron chi connectivity index (χ2n) is 7.51. The van der Waals surface area contributed by atoms with Gasteiger partial charge in [0, 0.05) is 36.7 Å². The lowest BCUT2D eigenvalue weighted by Gasteiger charge is -2.30. The Balaban J connectivity index is 1.67. The van der Waals surface area contributed by atoms with Crippen LogP contribution in [0.25, 0.3) is 0 Å². The number of sulfonamides is 1. The minimum absolute atomic E-state index is 0.0512. The van der Waals surface area contributed by atoms with E-state index in [0.29, 0.717) is 29.7 Å². The number of carbonyl (C=O) groups excluding carboxylic acids is 2. The summed E-state index contributed by atoms with van der Waals surface area (Å²) in [5, 5.41) is 13.7. The Morgan fingerprint density at radius 1 is 1.13 bits per heavy atom. The molecule has 1 aliphatic rings. The third kappa shape index (κ3) is 4.97. The fourth-order valence-electron chi connectivity index (χ4n) is 3.48. The Labute approximate surface area is 180 Å². The van der Waals surface area contributed by atoms with Crippen molar-refractivity contribution in [1.82, 2.24) is 4.31 Å². The molecule has 2 aromatic rings. The highest BCUT2D eigenvalue weighted by Gasteiger charge is 2.32. The number of benzene rings is 2. The maximum atomic E-state index is 12.9. The number of ketones is 1. The fraction of sp³-hybridized carbons (Fsp3) is 0.333. The Morgan fingerprint density at radius 3 is 2.42 bits per heavy atom. The molecule has 1 amide bonds. The van der Waals surface area contributed by atoms with E-state index in [4.69, 9.17) is 0 Å². The van der Waals surface area contributed by atoms with E-state index in [-0.39, 0.29) is 35.4 Å². The molecule has 0 unspecified atom stereocenters. The van der Waals surface area contributed by atoms with Crippen molar-refractivity contribution in [2.45, 2.75) is 31.6 Å². The fourth-order valence-corrected chi connectivity index (χ4v) is 4.99. The number of hydrogen-bond acceptors (Lipinski definition) is 6. The van der Waals surface area contributed by atoms with Crippen LogP contribution >= 0.6 is 0 Å². The van der Waals surface area contributed by atoms with E-state index in [1.54, 1.807) is 19.1 Å². The van der Waals surface area contributed by atoms with E-state index < -0.39 is 20.9 Å². The minimum atomic E-state index is -3.77. The van der Waals surface area contributed by atoms with Crippen LogP contribution in [0.1, 0.15) is 35.7 Å². The summed E-state index contributed by atoms with van der Waals surface area (Å²) in [6.45, 7) is 3.44. The second-order valence-corrected chi connectivity index (χ2v) is 9.45. The topological polar surface area (TPSA) is 127 Å². The van der Waals surface area contributed by atoms with Gasteiger partial charge in [-0.2, -0.15) is 4.31 Å². The lowest BCUT2D eigenvalue weighted by atomic mass is 9.97. The van der Waals surface area contributed by atoms with E-state index in [0.717, 1.165) is 0 Å². The van der Waals surface area contributed by atoms with Gasteiger partial charge in [-0.05, 0) is 44.4 Å². The van der Waals surface area contributed by atoms with Crippen LogP contribution in [-0.2, 0) is 14.8 Å². The van der Waals surface area contributed by atoms with Crippen LogP contribution in [0.3, 0.4) is 0 Å². The van der Waals surface area contributed by atoms with E-state index >= 15 is 0 Å². The quantitative estimate of drug-likeness (QED) is 0.413. The smallest absolute Gasteiger partial charge is 0.271 e. The summed E-state index contributed by atoms with van der Waals surface area (Å²) in [6.07, 6.45) is 0.650. The number of anilines is 1. The highest BCUT2D eigenvalue weighted by Crippen LogP contribution is 2.27. The Kier molecular flexibility index (Phi) is 6.51. The summed E-state index contributed by atoms with van der Waals surface area (Å²) in [4.78, 5) is 34.7. The highest BCUT2D eigenvalue weighted by atomic mass is 32.2. The van der Waals surface area contributed by atoms with Crippen LogP contribution in [-0.4, -0.2) is 42.4 Å². The standard InChI is InChI=1S/C21H23N3O6S/c1-14-6-7-18(24(27)28)13-20(14)22-21(26)16-8-10-23(11-9-16)31(29,30)19-5-3-4-17(12-19)15(2)25/h3-7,12-13,16H,8-11H2,1-2H3,(H,22,26). The summed E-state index contributed by atoms with van der Waals surface area (Å²) in [5.41, 5.74) is 1.27. The third-order valence-electron chi connectivity index (χ3n) is 5.39. The number of amides is 1. The predicted octanol–water partition coefficient (Wildman–Crippen LogP) is 3.15. The number of nitrogens with one attached hydrogen (secondary N) is 1. The van der Waals surface area contributed by atoms with Crippen molar-refractivity contribution in [3.63, 3.8) is 0 Å². The van der Waals surface area contributed by atoms with Gasteiger partial charge in [-0.15, -0.1) is 0 Å². The molecule has 0 atom stereocenters. The summed E-state index contributed by atoms with van der Waals surface area (Å²) in [5.74, 6) is -0.920. The molecule has 1 heterocycles. The molecule has 1 fully saturated rings. The molecule has 3 rings (SSSR count). The summed E-state index contributed by atoms with van der Waals surface area (Å²) in [7, 11) is -3.77. The lowest BCUT2D eigenvalue weighted by molar-refractivity contribution is -0.384. The van der Waals surface area contributed by atoms with Crippen LogP contribution < -0.4 is 5.32 Å². The van der Waals surface area contributed by atoms with E-state index in [2.05, 4.69) is 5.32 Å². The number of piperidine rings is 1. The Morgan fingerprint density at radius 2 is 1.81 bits per heavy atom. The molecule has 0 aromatic heterocycles. The van der Waals surface area contributed by atoms with Crippen molar-refractivity contribution in [2.75, 3.05) is 18.4 Å². The first-order valence-corrected chi connectivity index (χ1v) is 11.2. The number of nitrogens with zero attached hydrogens (tertiary/aromatic N) is 2. The van der Waals surface area contributed by atoms with Crippen molar-refractivity contribution < 1.29 is 22.9 Å². The molecule has 164 valence electrons. The predicted molar refractivity (Wildman–Crippen MR) is 114 cm³/mol. The molecular formula is C21H23N3O6S. The van der Waals surface area contributed by atoms with E-state index in [1.807, 2.05) is 0 Å². The molecule has 0 radical (unpaired) electrons. The number of non-ortho nitro benzene ring substituents is 1. The van der Waals surface area contributed by atoms with Crippen LogP contribution in [0.5, 0.6) is 0 Å². The van der Waals surface area contributed by atoms with Crippen molar-refractivity contribution in [3.8, 4) is 0 Å². The first-order valence-electron chi connectivity index (χ1n) is 9.76. The molecule has 1 saturated heterocycles. The summed E-state index contributed by atoms with van der Waals surface area (Å²) < 4.78 is 27.2. The number of aryl methyl sites for hydroxylation is 1. The van der Waals surface area contributed by atoms with Gasteiger partial charge in [-0.25, -0.2) is 8.42 Å². The molecule has 0 saturated carbocycles. The van der Waals surface area contributed by atoms with E-state index in [9.17, 15) is 28.1 Å². The van der Waals surface area contributed by atoms with Crippen molar-refractivity contribution in [2.24, 2.45) is 5.92 Å². The zero-order valence-electron chi connectivity index (χ0n) is 17.2. The maximum Gasteiger partial charge on any atom is 0.271 e. The number of rotatable bonds is 6. The van der Waals surface area contributed by atoms with Crippen LogP contribution in [0.2, 0.25) is 0 Å². The molecule has 9 nitrogen and oxygen atoms in total. The number of Topliss-reactive ketones (excluding diaryl/α,β-unsaturated/α-hetero) is 1. The van der Waals surface area contributed by atoms with Gasteiger partial charge in [0.05, 0.1) is 15.5 Å². The molecule has 0 bridgehead atoms.